The largest absolute Gasteiger partial charge is 0.478 e. The molecule has 0 saturated heterocycles. The van der Waals surface area contributed by atoms with E-state index in [0.29, 0.717) is 20.1 Å². The summed E-state index contributed by atoms with van der Waals surface area (Å²) in [6, 6.07) is 5.39. The van der Waals surface area contributed by atoms with E-state index < -0.39 is 5.97 Å². The molecule has 0 aliphatic carbocycles. The third-order valence-corrected chi connectivity index (χ3v) is 2.85. The number of nitrogens with zero attached hydrogens (tertiary/aromatic N) is 1. The van der Waals surface area contributed by atoms with Crippen molar-refractivity contribution in [2.45, 2.75) is 0 Å². The lowest BCUT2D eigenvalue weighted by Crippen LogP contribution is -1.87. The molecule has 0 fully saturated rings. The van der Waals surface area contributed by atoms with Crippen LogP contribution in [-0.4, -0.2) is 11.1 Å². The molecule has 0 atom stereocenters. The van der Waals surface area contributed by atoms with E-state index in [1.54, 1.807) is 12.1 Å². The number of rotatable bonds is 2. The molecule has 15 heavy (non-hydrogen) atoms. The summed E-state index contributed by atoms with van der Waals surface area (Å²) in [5.41, 5.74) is 1.19. The van der Waals surface area contributed by atoms with Crippen LogP contribution < -0.4 is 0 Å². The first kappa shape index (κ1) is 12.0. The second-order valence-corrected chi connectivity index (χ2v) is 4.35. The minimum absolute atomic E-state index is 0.488. The smallest absolute Gasteiger partial charge is 0.328 e. The van der Waals surface area contributed by atoms with Gasteiger partial charge in [-0.15, -0.1) is 0 Å². The minimum Gasteiger partial charge on any atom is -0.478 e. The van der Waals surface area contributed by atoms with Gasteiger partial charge in [-0.1, -0.05) is 0 Å². The lowest BCUT2D eigenvalue weighted by atomic mass is 10.1. The molecule has 5 heteroatoms. The molecule has 0 amide bonds. The molecule has 0 aromatic heterocycles. The maximum absolute atomic E-state index is 10.3. The summed E-state index contributed by atoms with van der Waals surface area (Å²) in [6.07, 6.45) is 2.50. The van der Waals surface area contributed by atoms with Crippen LogP contribution in [0.1, 0.15) is 11.1 Å². The molecule has 1 aromatic carbocycles. The van der Waals surface area contributed by atoms with Crippen molar-refractivity contribution in [2.24, 2.45) is 0 Å². The van der Waals surface area contributed by atoms with Gasteiger partial charge < -0.3 is 5.11 Å². The van der Waals surface area contributed by atoms with Crippen molar-refractivity contribution in [1.82, 2.24) is 0 Å². The molecule has 76 valence electrons. The number of hydrogen-bond donors (Lipinski definition) is 1. The first-order chi connectivity index (χ1) is 7.04. The van der Waals surface area contributed by atoms with E-state index >= 15 is 0 Å². The van der Waals surface area contributed by atoms with Crippen molar-refractivity contribution in [3.05, 3.63) is 38.3 Å². The van der Waals surface area contributed by atoms with Gasteiger partial charge in [0, 0.05) is 15.0 Å². The second kappa shape index (κ2) is 5.10. The Morgan fingerprint density at radius 1 is 1.40 bits per heavy atom. The summed E-state index contributed by atoms with van der Waals surface area (Å²) in [4.78, 5) is 10.3. The molecule has 0 saturated carbocycles. The number of hydrogen-bond acceptors (Lipinski definition) is 2. The van der Waals surface area contributed by atoms with Crippen LogP contribution in [-0.2, 0) is 4.79 Å². The van der Waals surface area contributed by atoms with Gasteiger partial charge in [-0.3, -0.25) is 0 Å². The Morgan fingerprint density at radius 3 is 2.33 bits per heavy atom. The van der Waals surface area contributed by atoms with E-state index in [4.69, 9.17) is 10.4 Å². The van der Waals surface area contributed by atoms with Crippen LogP contribution in [0.3, 0.4) is 0 Å². The van der Waals surface area contributed by atoms with Crippen molar-refractivity contribution < 1.29 is 9.90 Å². The fourth-order valence-electron chi connectivity index (χ4n) is 0.963. The summed E-state index contributed by atoms with van der Waals surface area (Å²) in [5.74, 6) is -1.01. The van der Waals surface area contributed by atoms with Crippen molar-refractivity contribution in [3.8, 4) is 6.07 Å². The van der Waals surface area contributed by atoms with E-state index in [0.717, 1.165) is 6.08 Å². The Labute approximate surface area is 103 Å². The van der Waals surface area contributed by atoms with Gasteiger partial charge in [0.15, 0.2) is 0 Å². The molecule has 0 unspecified atom stereocenters. The number of carboxylic acid groups (broad SMARTS) is 1. The normalized spacial score (nSPS) is 10.2. The molecule has 3 nitrogen and oxygen atoms in total. The molecule has 0 bridgehead atoms. The first-order valence-electron chi connectivity index (χ1n) is 3.84. The molecule has 0 aliphatic rings. The summed E-state index contributed by atoms with van der Waals surface area (Å²) < 4.78 is 1.26. The Balaban J connectivity index is 3.16. The van der Waals surface area contributed by atoms with Gasteiger partial charge in [0.1, 0.15) is 6.07 Å². The zero-order valence-electron chi connectivity index (χ0n) is 7.37. The second-order valence-electron chi connectivity index (χ2n) is 2.64. The first-order valence-corrected chi connectivity index (χ1v) is 5.43. The summed E-state index contributed by atoms with van der Waals surface area (Å²) in [5, 5.41) is 17.2. The van der Waals surface area contributed by atoms with Crippen molar-refractivity contribution in [1.29, 1.82) is 5.26 Å². The number of carboxylic acids is 1. The zero-order chi connectivity index (χ0) is 11.4. The monoisotopic (exact) mass is 329 g/mol. The molecule has 0 radical (unpaired) electrons. The number of aliphatic carboxylic acids is 1. The highest BCUT2D eigenvalue weighted by Crippen LogP contribution is 2.27. The maximum Gasteiger partial charge on any atom is 0.328 e. The molecule has 0 heterocycles. The Bertz CT molecular complexity index is 452. The predicted octanol–water partition coefficient (Wildman–Crippen LogP) is 3.18. The molecular formula is C10H5Br2NO2. The van der Waals surface area contributed by atoms with Crippen LogP contribution in [0.4, 0.5) is 0 Å². The van der Waals surface area contributed by atoms with Gasteiger partial charge >= 0.3 is 5.97 Å². The highest BCUT2D eigenvalue weighted by molar-refractivity contribution is 9.11. The van der Waals surface area contributed by atoms with Gasteiger partial charge in [-0.25, -0.2) is 4.79 Å². The predicted molar refractivity (Wildman–Crippen MR) is 63.2 cm³/mol. The Hall–Kier alpha value is -1.12. The van der Waals surface area contributed by atoms with E-state index in [-0.39, 0.29) is 0 Å². The standard InChI is InChI=1S/C10H5Br2NO2/c11-8-3-6(1-2-10(14)15)4-9(12)7(8)5-13/h1-4H,(H,14,15)/b2-1+. The van der Waals surface area contributed by atoms with Crippen LogP contribution in [0, 0.1) is 11.3 Å². The SMILES string of the molecule is N#Cc1c(Br)cc(/C=C/C(=O)O)cc1Br. The zero-order valence-corrected chi connectivity index (χ0v) is 10.5. The van der Waals surface area contributed by atoms with Gasteiger partial charge in [-0.05, 0) is 55.6 Å². The van der Waals surface area contributed by atoms with Crippen LogP contribution >= 0.6 is 31.9 Å². The molecule has 1 rings (SSSR count). The third-order valence-electron chi connectivity index (χ3n) is 1.59. The molecular weight excluding hydrogens is 326 g/mol. The van der Waals surface area contributed by atoms with Gasteiger partial charge in [0.2, 0.25) is 0 Å². The fourth-order valence-corrected chi connectivity index (χ4v) is 2.36. The fraction of sp³-hybridized carbons (Fsp3) is 0. The highest BCUT2D eigenvalue weighted by atomic mass is 79.9. The van der Waals surface area contributed by atoms with E-state index in [1.165, 1.54) is 6.08 Å². The molecule has 1 N–H and O–H groups in total. The van der Waals surface area contributed by atoms with Crippen LogP contribution in [0.25, 0.3) is 6.08 Å². The minimum atomic E-state index is -1.01. The van der Waals surface area contributed by atoms with Gasteiger partial charge in [0.05, 0.1) is 5.56 Å². The maximum atomic E-state index is 10.3. The van der Waals surface area contributed by atoms with Crippen molar-refractivity contribution in [2.75, 3.05) is 0 Å². The van der Waals surface area contributed by atoms with E-state index in [1.807, 2.05) is 6.07 Å². The average molecular weight is 331 g/mol. The van der Waals surface area contributed by atoms with Crippen molar-refractivity contribution in [3.63, 3.8) is 0 Å². The quantitative estimate of drug-likeness (QED) is 0.847. The molecule has 0 aliphatic heterocycles. The van der Waals surface area contributed by atoms with Crippen LogP contribution in [0.15, 0.2) is 27.2 Å². The number of halogens is 2. The van der Waals surface area contributed by atoms with Crippen LogP contribution in [0.2, 0.25) is 0 Å². The van der Waals surface area contributed by atoms with Gasteiger partial charge in [0.25, 0.3) is 0 Å². The van der Waals surface area contributed by atoms with Gasteiger partial charge in [-0.2, -0.15) is 5.26 Å². The summed E-state index contributed by atoms with van der Waals surface area (Å²) in [6.45, 7) is 0. The number of nitriles is 1. The molecule has 1 aromatic rings. The average Bonchev–Trinajstić information content (AvgIpc) is 2.14. The topological polar surface area (TPSA) is 61.1 Å². The number of carbonyl (C=O) groups is 1. The van der Waals surface area contributed by atoms with E-state index in [9.17, 15) is 4.79 Å². The summed E-state index contributed by atoms with van der Waals surface area (Å²) in [7, 11) is 0. The molecule has 0 spiro atoms. The lowest BCUT2D eigenvalue weighted by Gasteiger charge is -2.00. The third kappa shape index (κ3) is 3.18. The van der Waals surface area contributed by atoms with E-state index in [2.05, 4.69) is 31.9 Å². The van der Waals surface area contributed by atoms with Crippen LogP contribution in [0.5, 0.6) is 0 Å². The Morgan fingerprint density at radius 2 is 1.93 bits per heavy atom. The van der Waals surface area contributed by atoms with Crippen molar-refractivity contribution >= 4 is 43.9 Å². The lowest BCUT2D eigenvalue weighted by molar-refractivity contribution is -0.131. The Kier molecular flexibility index (Phi) is 4.06. The number of benzene rings is 1. The summed E-state index contributed by atoms with van der Waals surface area (Å²) >= 11 is 6.46. The highest BCUT2D eigenvalue weighted by Gasteiger charge is 2.05.